The molecular weight excluding hydrogens is 308 g/mol. The van der Waals surface area contributed by atoms with Crippen molar-refractivity contribution in [2.45, 2.75) is 19.8 Å². The molecule has 0 radical (unpaired) electrons. The average Bonchev–Trinajstić information content (AvgIpc) is 3.40. The van der Waals surface area contributed by atoms with E-state index in [0.717, 1.165) is 18.2 Å². The Morgan fingerprint density at radius 2 is 2.08 bits per heavy atom. The second-order valence-electron chi connectivity index (χ2n) is 5.94. The molecule has 0 unspecified atom stereocenters. The van der Waals surface area contributed by atoms with E-state index >= 15 is 0 Å². The van der Waals surface area contributed by atoms with Crippen molar-refractivity contribution in [2.24, 2.45) is 5.41 Å². The van der Waals surface area contributed by atoms with E-state index in [1.165, 1.54) is 7.11 Å². The van der Waals surface area contributed by atoms with Crippen LogP contribution in [-0.4, -0.2) is 37.1 Å². The highest BCUT2D eigenvalue weighted by molar-refractivity contribution is 6.02. The van der Waals surface area contributed by atoms with E-state index in [2.05, 4.69) is 10.3 Å². The molecule has 126 valence electrons. The minimum absolute atomic E-state index is 0.182. The van der Waals surface area contributed by atoms with Crippen LogP contribution in [0.3, 0.4) is 0 Å². The smallest absolute Gasteiger partial charge is 0.315 e. The summed E-state index contributed by atoms with van der Waals surface area (Å²) in [4.78, 5) is 28.6. The molecular formula is C18H20N2O4. The number of rotatable bonds is 6. The number of carbonyl (C=O) groups excluding carboxylic acids is 2. The summed E-state index contributed by atoms with van der Waals surface area (Å²) in [7, 11) is 1.38. The Hall–Kier alpha value is -2.63. The fourth-order valence-corrected chi connectivity index (χ4v) is 2.68. The van der Waals surface area contributed by atoms with Crippen molar-refractivity contribution in [3.63, 3.8) is 0 Å². The summed E-state index contributed by atoms with van der Waals surface area (Å²) >= 11 is 0. The van der Waals surface area contributed by atoms with Gasteiger partial charge < -0.3 is 14.8 Å². The van der Waals surface area contributed by atoms with E-state index in [1.807, 2.05) is 25.1 Å². The molecule has 0 spiro atoms. The summed E-state index contributed by atoms with van der Waals surface area (Å²) < 4.78 is 10.8. The molecule has 1 fully saturated rings. The molecule has 0 atom stereocenters. The SMILES string of the molecule is CCNC(=O)c1ccc2cccnc2c1OCC1(C(=O)OC)CC1. The van der Waals surface area contributed by atoms with Crippen LogP contribution in [0, 0.1) is 5.41 Å². The molecule has 1 heterocycles. The van der Waals surface area contributed by atoms with E-state index in [4.69, 9.17) is 9.47 Å². The highest BCUT2D eigenvalue weighted by Crippen LogP contribution is 2.47. The van der Waals surface area contributed by atoms with Crippen LogP contribution in [0.4, 0.5) is 0 Å². The van der Waals surface area contributed by atoms with Crippen LogP contribution in [0.15, 0.2) is 30.5 Å². The lowest BCUT2D eigenvalue weighted by Crippen LogP contribution is -2.27. The molecule has 1 amide bonds. The third-order valence-electron chi connectivity index (χ3n) is 4.27. The topological polar surface area (TPSA) is 77.5 Å². The van der Waals surface area contributed by atoms with Gasteiger partial charge in [-0.1, -0.05) is 12.1 Å². The van der Waals surface area contributed by atoms with E-state index in [-0.39, 0.29) is 18.5 Å². The van der Waals surface area contributed by atoms with Crippen molar-refractivity contribution in [2.75, 3.05) is 20.3 Å². The van der Waals surface area contributed by atoms with Gasteiger partial charge >= 0.3 is 5.97 Å². The Kier molecular flexibility index (Phi) is 4.38. The number of hydrogen-bond acceptors (Lipinski definition) is 5. The summed E-state index contributed by atoms with van der Waals surface area (Å²) in [5.74, 6) is -0.0764. The highest BCUT2D eigenvalue weighted by Gasteiger charge is 2.52. The number of nitrogens with one attached hydrogen (secondary N) is 1. The molecule has 1 N–H and O–H groups in total. The third-order valence-corrected chi connectivity index (χ3v) is 4.27. The van der Waals surface area contributed by atoms with Gasteiger partial charge in [-0.15, -0.1) is 0 Å². The number of methoxy groups -OCH3 is 1. The quantitative estimate of drug-likeness (QED) is 0.824. The normalized spacial score (nSPS) is 14.9. The largest absolute Gasteiger partial charge is 0.489 e. The maximum absolute atomic E-state index is 12.3. The summed E-state index contributed by atoms with van der Waals surface area (Å²) in [5.41, 5.74) is 0.440. The van der Waals surface area contributed by atoms with Gasteiger partial charge in [0.25, 0.3) is 5.91 Å². The molecule has 1 aliphatic rings. The van der Waals surface area contributed by atoms with Gasteiger partial charge in [-0.3, -0.25) is 14.6 Å². The molecule has 6 heteroatoms. The molecule has 1 aromatic heterocycles. The lowest BCUT2D eigenvalue weighted by Gasteiger charge is -2.17. The molecule has 0 saturated heterocycles. The predicted molar refractivity (Wildman–Crippen MR) is 88.9 cm³/mol. The minimum atomic E-state index is -0.593. The number of esters is 1. The zero-order valence-electron chi connectivity index (χ0n) is 13.8. The van der Waals surface area contributed by atoms with E-state index in [1.54, 1.807) is 12.3 Å². The third kappa shape index (κ3) is 2.91. The van der Waals surface area contributed by atoms with Crippen molar-refractivity contribution in [3.05, 3.63) is 36.0 Å². The van der Waals surface area contributed by atoms with Gasteiger partial charge in [0, 0.05) is 18.1 Å². The molecule has 0 aliphatic heterocycles. The Balaban J connectivity index is 1.96. The lowest BCUT2D eigenvalue weighted by atomic mass is 10.1. The average molecular weight is 328 g/mol. The zero-order valence-corrected chi connectivity index (χ0v) is 13.8. The highest BCUT2D eigenvalue weighted by atomic mass is 16.5. The molecule has 2 aromatic rings. The number of aromatic nitrogens is 1. The van der Waals surface area contributed by atoms with Crippen LogP contribution in [0.1, 0.15) is 30.1 Å². The van der Waals surface area contributed by atoms with Crippen LogP contribution < -0.4 is 10.1 Å². The first kappa shape index (κ1) is 16.2. The van der Waals surface area contributed by atoms with Crippen molar-refractivity contribution < 1.29 is 19.1 Å². The van der Waals surface area contributed by atoms with E-state index in [9.17, 15) is 9.59 Å². The van der Waals surface area contributed by atoms with Crippen LogP contribution >= 0.6 is 0 Å². The van der Waals surface area contributed by atoms with Crippen LogP contribution in [0.2, 0.25) is 0 Å². The second-order valence-corrected chi connectivity index (χ2v) is 5.94. The predicted octanol–water partition coefficient (Wildman–Crippen LogP) is 2.32. The molecule has 3 rings (SSSR count). The number of fused-ring (bicyclic) bond motifs is 1. The first-order chi connectivity index (χ1) is 11.6. The number of hydrogen-bond donors (Lipinski definition) is 1. The van der Waals surface area contributed by atoms with E-state index in [0.29, 0.717) is 23.4 Å². The summed E-state index contributed by atoms with van der Waals surface area (Å²) in [5, 5.41) is 3.65. The Labute approximate surface area is 140 Å². The van der Waals surface area contributed by atoms with Gasteiger partial charge in [0.2, 0.25) is 0 Å². The van der Waals surface area contributed by atoms with Gasteiger partial charge in [0.1, 0.15) is 17.5 Å². The molecule has 1 aromatic carbocycles. The Morgan fingerprint density at radius 1 is 1.29 bits per heavy atom. The molecule has 1 saturated carbocycles. The first-order valence-corrected chi connectivity index (χ1v) is 7.98. The molecule has 1 aliphatic carbocycles. The van der Waals surface area contributed by atoms with E-state index < -0.39 is 5.41 Å². The van der Waals surface area contributed by atoms with Crippen molar-refractivity contribution in [1.82, 2.24) is 10.3 Å². The van der Waals surface area contributed by atoms with Crippen molar-refractivity contribution >= 4 is 22.8 Å². The number of ether oxygens (including phenoxy) is 2. The second kappa shape index (κ2) is 6.47. The lowest BCUT2D eigenvalue weighted by molar-refractivity contribution is -0.148. The molecule has 0 bridgehead atoms. The van der Waals surface area contributed by atoms with Crippen molar-refractivity contribution in [3.8, 4) is 5.75 Å². The number of amides is 1. The van der Waals surface area contributed by atoms with Gasteiger partial charge in [-0.25, -0.2) is 0 Å². The fraction of sp³-hybridized carbons (Fsp3) is 0.389. The monoisotopic (exact) mass is 328 g/mol. The van der Waals surface area contributed by atoms with Crippen molar-refractivity contribution in [1.29, 1.82) is 0 Å². The number of pyridine rings is 1. The molecule has 24 heavy (non-hydrogen) atoms. The summed E-state index contributed by atoms with van der Waals surface area (Å²) in [6, 6.07) is 7.30. The fourth-order valence-electron chi connectivity index (χ4n) is 2.68. The number of nitrogens with zero attached hydrogens (tertiary/aromatic N) is 1. The van der Waals surface area contributed by atoms with Gasteiger partial charge in [-0.05, 0) is 31.9 Å². The van der Waals surface area contributed by atoms with Gasteiger partial charge in [0.05, 0.1) is 12.7 Å². The summed E-state index contributed by atoms with van der Waals surface area (Å²) in [6.45, 7) is 2.56. The molecule has 6 nitrogen and oxygen atoms in total. The van der Waals surface area contributed by atoms with Gasteiger partial charge in [0.15, 0.2) is 5.75 Å². The maximum atomic E-state index is 12.3. The standard InChI is InChI=1S/C18H20N2O4/c1-3-19-16(21)13-7-6-12-5-4-10-20-14(12)15(13)24-11-18(8-9-18)17(22)23-2/h4-7,10H,3,8-9,11H2,1-2H3,(H,19,21). The number of carbonyl (C=O) groups is 2. The minimum Gasteiger partial charge on any atom is -0.489 e. The first-order valence-electron chi connectivity index (χ1n) is 7.98. The summed E-state index contributed by atoms with van der Waals surface area (Å²) in [6.07, 6.45) is 3.12. The number of benzene rings is 1. The van der Waals surface area contributed by atoms with Crippen LogP contribution in [0.5, 0.6) is 5.75 Å². The Bertz CT molecular complexity index is 784. The van der Waals surface area contributed by atoms with Crippen LogP contribution in [0.25, 0.3) is 10.9 Å². The van der Waals surface area contributed by atoms with Crippen LogP contribution in [-0.2, 0) is 9.53 Å². The Morgan fingerprint density at radius 3 is 2.75 bits per heavy atom. The zero-order chi connectivity index (χ0) is 17.2. The maximum Gasteiger partial charge on any atom is 0.315 e. The van der Waals surface area contributed by atoms with Gasteiger partial charge in [-0.2, -0.15) is 0 Å².